The van der Waals surface area contributed by atoms with Crippen molar-refractivity contribution in [3.63, 3.8) is 0 Å². The zero-order valence-electron chi connectivity index (χ0n) is 9.03. The summed E-state index contributed by atoms with van der Waals surface area (Å²) in [5.74, 6) is 0.335. The highest BCUT2D eigenvalue weighted by Crippen LogP contribution is 2.26. The van der Waals surface area contributed by atoms with E-state index in [-0.39, 0.29) is 11.5 Å². The normalized spacial score (nSPS) is 10.3. The summed E-state index contributed by atoms with van der Waals surface area (Å²) in [5.41, 5.74) is 0.837. The Hall–Kier alpha value is -2.03. The van der Waals surface area contributed by atoms with Crippen molar-refractivity contribution in [3.05, 3.63) is 36.4 Å². The highest BCUT2D eigenvalue weighted by atomic mass is 16.3. The van der Waals surface area contributed by atoms with Gasteiger partial charge in [0.1, 0.15) is 11.5 Å². The lowest BCUT2D eigenvalue weighted by atomic mass is 10.1. The van der Waals surface area contributed by atoms with E-state index in [2.05, 4.69) is 5.32 Å². The summed E-state index contributed by atoms with van der Waals surface area (Å²) in [4.78, 5) is 10.8. The quantitative estimate of drug-likeness (QED) is 0.827. The number of phenols is 1. The summed E-state index contributed by atoms with van der Waals surface area (Å²) < 4.78 is 0. The number of anilines is 1. The Morgan fingerprint density at radius 2 is 2.12 bits per heavy atom. The molecular weight excluding hydrogens is 202 g/mol. The van der Waals surface area contributed by atoms with Crippen molar-refractivity contribution >= 4 is 22.2 Å². The average Bonchev–Trinajstić information content (AvgIpc) is 2.27. The molecule has 16 heavy (non-hydrogen) atoms. The minimum atomic E-state index is 0.0809. The number of hydrogen-bond donors (Lipinski definition) is 2. The molecule has 0 unspecified atom stereocenters. The van der Waals surface area contributed by atoms with Gasteiger partial charge < -0.3 is 10.4 Å². The molecule has 82 valence electrons. The van der Waals surface area contributed by atoms with Crippen LogP contribution in [0.15, 0.2) is 36.4 Å². The maximum atomic E-state index is 10.8. The van der Waals surface area contributed by atoms with Crippen molar-refractivity contribution < 1.29 is 9.90 Å². The predicted octanol–water partition coefficient (Wildman–Crippen LogP) is 2.55. The van der Waals surface area contributed by atoms with E-state index in [1.54, 1.807) is 12.1 Å². The molecule has 0 radical (unpaired) electrons. The van der Waals surface area contributed by atoms with Crippen molar-refractivity contribution in [1.29, 1.82) is 0 Å². The molecule has 2 N–H and O–H groups in total. The third-order valence-corrected chi connectivity index (χ3v) is 2.40. The molecule has 0 aromatic heterocycles. The number of aromatic hydroxyl groups is 1. The zero-order valence-corrected chi connectivity index (χ0v) is 9.03. The smallest absolute Gasteiger partial charge is 0.148 e. The molecule has 0 amide bonds. The lowest BCUT2D eigenvalue weighted by molar-refractivity contribution is -0.115. The van der Waals surface area contributed by atoms with Gasteiger partial charge in [-0.2, -0.15) is 0 Å². The van der Waals surface area contributed by atoms with Crippen molar-refractivity contribution in [1.82, 2.24) is 0 Å². The van der Waals surface area contributed by atoms with Crippen LogP contribution in [0, 0.1) is 0 Å². The topological polar surface area (TPSA) is 49.3 Å². The largest absolute Gasteiger partial charge is 0.507 e. The monoisotopic (exact) mass is 215 g/mol. The minimum Gasteiger partial charge on any atom is -0.507 e. The Balaban J connectivity index is 2.35. The molecule has 0 saturated carbocycles. The SMILES string of the molecule is CC(=O)CNc1ccc2cccc(O)c2c1. The Morgan fingerprint density at radius 1 is 1.31 bits per heavy atom. The number of nitrogens with one attached hydrogen (secondary N) is 1. The molecule has 0 spiro atoms. The van der Waals surface area contributed by atoms with Crippen molar-refractivity contribution in [2.45, 2.75) is 6.92 Å². The number of phenolic OH excluding ortho intramolecular Hbond substituents is 1. The van der Waals surface area contributed by atoms with E-state index in [1.165, 1.54) is 6.92 Å². The molecule has 0 aliphatic heterocycles. The van der Waals surface area contributed by atoms with Crippen LogP contribution < -0.4 is 5.32 Å². The van der Waals surface area contributed by atoms with Gasteiger partial charge in [-0.05, 0) is 30.5 Å². The van der Waals surface area contributed by atoms with Crippen molar-refractivity contribution in [2.75, 3.05) is 11.9 Å². The van der Waals surface area contributed by atoms with E-state index in [1.807, 2.05) is 24.3 Å². The van der Waals surface area contributed by atoms with Gasteiger partial charge in [0.15, 0.2) is 0 Å². The first-order valence-electron chi connectivity index (χ1n) is 5.12. The number of hydrogen-bond acceptors (Lipinski definition) is 3. The van der Waals surface area contributed by atoms with Crippen LogP contribution in [-0.4, -0.2) is 17.4 Å². The highest BCUT2D eigenvalue weighted by molar-refractivity contribution is 5.91. The molecule has 0 heterocycles. The Kier molecular flexibility index (Phi) is 2.77. The molecule has 0 bridgehead atoms. The van der Waals surface area contributed by atoms with E-state index in [9.17, 15) is 9.90 Å². The molecule has 0 aliphatic carbocycles. The summed E-state index contributed by atoms with van der Waals surface area (Å²) in [6.45, 7) is 1.84. The number of carbonyl (C=O) groups excluding carboxylic acids is 1. The number of carbonyl (C=O) groups is 1. The van der Waals surface area contributed by atoms with Crippen LogP contribution in [0.2, 0.25) is 0 Å². The summed E-state index contributed by atoms with van der Waals surface area (Å²) in [5, 5.41) is 14.4. The number of ketones is 1. The van der Waals surface area contributed by atoms with Gasteiger partial charge in [-0.25, -0.2) is 0 Å². The second kappa shape index (κ2) is 4.23. The van der Waals surface area contributed by atoms with Crippen LogP contribution in [0.3, 0.4) is 0 Å². The molecule has 2 aromatic carbocycles. The molecule has 0 atom stereocenters. The predicted molar refractivity (Wildman–Crippen MR) is 64.8 cm³/mol. The molecule has 0 aliphatic rings. The summed E-state index contributed by atoms with van der Waals surface area (Å²) in [6.07, 6.45) is 0. The summed E-state index contributed by atoms with van der Waals surface area (Å²) in [7, 11) is 0. The first-order chi connectivity index (χ1) is 7.66. The zero-order chi connectivity index (χ0) is 11.5. The van der Waals surface area contributed by atoms with Crippen LogP contribution in [0.4, 0.5) is 5.69 Å². The number of fused-ring (bicyclic) bond motifs is 1. The molecule has 3 heteroatoms. The van der Waals surface area contributed by atoms with E-state index >= 15 is 0 Å². The van der Waals surface area contributed by atoms with Crippen LogP contribution in [0.1, 0.15) is 6.92 Å². The van der Waals surface area contributed by atoms with E-state index < -0.39 is 0 Å². The fourth-order valence-electron chi connectivity index (χ4n) is 1.59. The number of Topliss-reactive ketones (excluding diaryl/α,β-unsaturated/α-hetero) is 1. The van der Waals surface area contributed by atoms with Gasteiger partial charge in [0.05, 0.1) is 6.54 Å². The molecular formula is C13H13NO2. The maximum absolute atomic E-state index is 10.8. The molecule has 3 nitrogen and oxygen atoms in total. The average molecular weight is 215 g/mol. The van der Waals surface area contributed by atoms with E-state index in [0.29, 0.717) is 6.54 Å². The van der Waals surface area contributed by atoms with Crippen LogP contribution >= 0.6 is 0 Å². The third-order valence-electron chi connectivity index (χ3n) is 2.40. The van der Waals surface area contributed by atoms with Crippen LogP contribution in [0.5, 0.6) is 5.75 Å². The van der Waals surface area contributed by atoms with Gasteiger partial charge in [0.2, 0.25) is 0 Å². The number of benzene rings is 2. The Labute approximate surface area is 93.7 Å². The van der Waals surface area contributed by atoms with Gasteiger partial charge >= 0.3 is 0 Å². The molecule has 0 fully saturated rings. The van der Waals surface area contributed by atoms with E-state index in [4.69, 9.17) is 0 Å². The highest BCUT2D eigenvalue weighted by Gasteiger charge is 2.01. The first kappa shape index (κ1) is 10.5. The van der Waals surface area contributed by atoms with Gasteiger partial charge in [-0.3, -0.25) is 4.79 Å². The van der Waals surface area contributed by atoms with Crippen LogP contribution in [-0.2, 0) is 4.79 Å². The summed E-state index contributed by atoms with van der Waals surface area (Å²) in [6, 6.07) is 11.0. The lowest BCUT2D eigenvalue weighted by Gasteiger charge is -2.06. The lowest BCUT2D eigenvalue weighted by Crippen LogP contribution is -2.09. The third kappa shape index (κ3) is 2.14. The second-order valence-electron chi connectivity index (χ2n) is 3.77. The summed E-state index contributed by atoms with van der Waals surface area (Å²) >= 11 is 0. The number of rotatable bonds is 3. The Bertz CT molecular complexity index is 534. The Morgan fingerprint density at radius 3 is 2.88 bits per heavy atom. The van der Waals surface area contributed by atoms with Crippen LogP contribution in [0.25, 0.3) is 10.8 Å². The second-order valence-corrected chi connectivity index (χ2v) is 3.77. The maximum Gasteiger partial charge on any atom is 0.148 e. The van der Waals surface area contributed by atoms with Gasteiger partial charge in [-0.1, -0.05) is 18.2 Å². The van der Waals surface area contributed by atoms with E-state index in [0.717, 1.165) is 16.5 Å². The van der Waals surface area contributed by atoms with Gasteiger partial charge in [0, 0.05) is 11.1 Å². The standard InChI is InChI=1S/C13H13NO2/c1-9(15)8-14-11-6-5-10-3-2-4-13(16)12(10)7-11/h2-7,14,16H,8H2,1H3. The molecule has 2 aromatic rings. The first-order valence-corrected chi connectivity index (χ1v) is 5.12. The minimum absolute atomic E-state index is 0.0809. The fourth-order valence-corrected chi connectivity index (χ4v) is 1.59. The van der Waals surface area contributed by atoms with Gasteiger partial charge in [0.25, 0.3) is 0 Å². The van der Waals surface area contributed by atoms with Gasteiger partial charge in [-0.15, -0.1) is 0 Å². The fraction of sp³-hybridized carbons (Fsp3) is 0.154. The van der Waals surface area contributed by atoms with Crippen molar-refractivity contribution in [2.24, 2.45) is 0 Å². The van der Waals surface area contributed by atoms with Crippen molar-refractivity contribution in [3.8, 4) is 5.75 Å². The molecule has 0 saturated heterocycles. The molecule has 2 rings (SSSR count).